The first-order valence-electron chi connectivity index (χ1n) is 25.6. The van der Waals surface area contributed by atoms with E-state index in [9.17, 15) is 19.2 Å². The molecule has 4 aliphatic rings. The monoisotopic (exact) mass is 957 g/mol. The molecule has 0 saturated carbocycles. The molecule has 4 heterocycles. The van der Waals surface area contributed by atoms with Gasteiger partial charge in [0.15, 0.2) is 0 Å². The fraction of sp³-hybridized carbons (Fsp3) is 0.500. The molecule has 2 amide bonds. The highest BCUT2D eigenvalue weighted by atomic mass is 16.6. The number of hydrogen-bond acceptors (Lipinski definition) is 12. The van der Waals surface area contributed by atoms with Crippen molar-refractivity contribution in [1.29, 1.82) is 0 Å². The van der Waals surface area contributed by atoms with Gasteiger partial charge in [0, 0.05) is 114 Å². The van der Waals surface area contributed by atoms with E-state index in [-0.39, 0.29) is 25.0 Å². The number of ether oxygens (including phenoxy) is 4. The Kier molecular flexibility index (Phi) is 17.3. The van der Waals surface area contributed by atoms with Gasteiger partial charge in [0.05, 0.1) is 11.4 Å². The standard InChI is InChI=1S/C56H72N6O8/c1-41(2)25-27-61-49-17-11-19-51(47(49)21-23-53(61)63)67-39-45(37-57-29-33-59(34-30-57)43-13-7-5-8-14-43)69-55(65)56(66)70-46(38-58-31-35-60(36-32-58)44-15-9-6-10-16-44)40-68-52-20-12-18-50-48(52)22-24-54(64)62(50)28-26-42(3)4/h5-20,41-42,45-46H,21-40H2,1-4H3. The Hall–Kier alpha value is -6.12. The molecule has 0 aliphatic carbocycles. The fourth-order valence-corrected chi connectivity index (χ4v) is 9.90. The molecule has 2 atom stereocenters. The molecule has 4 aliphatic heterocycles. The highest BCUT2D eigenvalue weighted by molar-refractivity contribution is 6.29. The number of benzene rings is 4. The summed E-state index contributed by atoms with van der Waals surface area (Å²) < 4.78 is 25.2. The highest BCUT2D eigenvalue weighted by Crippen LogP contribution is 2.37. The first kappa shape index (κ1) is 50.3. The van der Waals surface area contributed by atoms with Crippen LogP contribution in [0.15, 0.2) is 97.1 Å². The topological polar surface area (TPSA) is 125 Å². The molecule has 4 aromatic carbocycles. The second kappa shape index (κ2) is 24.1. The highest BCUT2D eigenvalue weighted by Gasteiger charge is 2.33. The molecule has 2 fully saturated rings. The number of esters is 2. The van der Waals surface area contributed by atoms with Crippen molar-refractivity contribution in [2.75, 3.05) is 111 Å². The minimum Gasteiger partial charge on any atom is -0.489 e. The van der Waals surface area contributed by atoms with Crippen molar-refractivity contribution >= 4 is 46.5 Å². The number of carbonyl (C=O) groups excluding carboxylic acids is 4. The van der Waals surface area contributed by atoms with E-state index < -0.39 is 24.1 Å². The Labute approximate surface area is 414 Å². The minimum absolute atomic E-state index is 0.00233. The molecule has 2 saturated heterocycles. The second-order valence-electron chi connectivity index (χ2n) is 19.9. The van der Waals surface area contributed by atoms with Crippen LogP contribution in [-0.4, -0.2) is 138 Å². The van der Waals surface area contributed by atoms with Crippen LogP contribution >= 0.6 is 0 Å². The van der Waals surface area contributed by atoms with Crippen molar-refractivity contribution in [2.24, 2.45) is 11.8 Å². The SMILES string of the molecule is CC(C)CCN1C(=O)CCc2c(OCC(CN3CCN(c4ccccc4)CC3)OC(=O)C(=O)OC(COc3cccc4c3CCC(=O)N4CCC(C)C)CN3CCN(c4ccccc4)CC3)cccc21. The lowest BCUT2D eigenvalue weighted by Crippen LogP contribution is -2.51. The molecule has 14 nitrogen and oxygen atoms in total. The molecule has 0 radical (unpaired) electrons. The average molecular weight is 957 g/mol. The quantitative estimate of drug-likeness (QED) is 0.0655. The van der Waals surface area contributed by atoms with E-state index in [1.165, 1.54) is 0 Å². The number of nitrogens with zero attached hydrogens (tertiary/aromatic N) is 6. The average Bonchev–Trinajstić information content (AvgIpc) is 3.37. The number of fused-ring (bicyclic) bond motifs is 2. The van der Waals surface area contributed by atoms with Gasteiger partial charge in [-0.15, -0.1) is 0 Å². The first-order valence-corrected chi connectivity index (χ1v) is 25.6. The van der Waals surface area contributed by atoms with Crippen LogP contribution in [0.25, 0.3) is 0 Å². The Balaban J connectivity index is 0.972. The molecule has 2 unspecified atom stereocenters. The lowest BCUT2D eigenvalue weighted by molar-refractivity contribution is -0.176. The molecule has 4 aromatic rings. The van der Waals surface area contributed by atoms with Gasteiger partial charge in [0.25, 0.3) is 0 Å². The molecule has 374 valence electrons. The first-order chi connectivity index (χ1) is 34.0. The van der Waals surface area contributed by atoms with Gasteiger partial charge in [0.2, 0.25) is 11.8 Å². The number of anilines is 4. The molecule has 70 heavy (non-hydrogen) atoms. The Morgan fingerprint density at radius 1 is 0.486 bits per heavy atom. The summed E-state index contributed by atoms with van der Waals surface area (Å²) in [6.45, 7) is 16.6. The van der Waals surface area contributed by atoms with Crippen LogP contribution in [0.1, 0.15) is 64.5 Å². The smallest absolute Gasteiger partial charge is 0.417 e. The van der Waals surface area contributed by atoms with Crippen molar-refractivity contribution in [3.8, 4) is 11.5 Å². The summed E-state index contributed by atoms with van der Waals surface area (Å²) in [6, 6.07) is 32.2. The fourth-order valence-electron chi connectivity index (χ4n) is 9.90. The van der Waals surface area contributed by atoms with E-state index in [0.29, 0.717) is 75.2 Å². The van der Waals surface area contributed by atoms with Crippen molar-refractivity contribution in [1.82, 2.24) is 9.80 Å². The Morgan fingerprint density at radius 3 is 1.24 bits per heavy atom. The zero-order valence-corrected chi connectivity index (χ0v) is 41.6. The van der Waals surface area contributed by atoms with E-state index in [4.69, 9.17) is 18.9 Å². The molecule has 0 aromatic heterocycles. The van der Waals surface area contributed by atoms with E-state index in [0.717, 1.165) is 99.1 Å². The third-order valence-electron chi connectivity index (χ3n) is 13.9. The zero-order chi connectivity index (χ0) is 49.0. The van der Waals surface area contributed by atoms with Crippen LogP contribution in [0, 0.1) is 11.8 Å². The molecule has 0 bridgehead atoms. The maximum absolute atomic E-state index is 14.0. The number of carbonyl (C=O) groups is 4. The van der Waals surface area contributed by atoms with Gasteiger partial charge < -0.3 is 38.5 Å². The molecule has 0 N–H and O–H groups in total. The van der Waals surface area contributed by atoms with Crippen LogP contribution in [0.3, 0.4) is 0 Å². The van der Waals surface area contributed by atoms with Gasteiger partial charge in [0.1, 0.15) is 36.9 Å². The molecule has 8 rings (SSSR count). The number of rotatable bonds is 20. The molecular weight excluding hydrogens is 885 g/mol. The normalized spacial score (nSPS) is 17.6. The van der Waals surface area contributed by atoms with Crippen LogP contribution < -0.4 is 29.1 Å². The zero-order valence-electron chi connectivity index (χ0n) is 41.6. The van der Waals surface area contributed by atoms with Crippen LogP contribution in [-0.2, 0) is 41.5 Å². The van der Waals surface area contributed by atoms with Crippen molar-refractivity contribution < 1.29 is 38.1 Å². The van der Waals surface area contributed by atoms with E-state index in [1.807, 2.05) is 82.6 Å². The molecule has 14 heteroatoms. The third kappa shape index (κ3) is 13.2. The number of amides is 2. The number of para-hydroxylation sites is 2. The van der Waals surface area contributed by atoms with Gasteiger partial charge in [-0.3, -0.25) is 19.4 Å². The largest absolute Gasteiger partial charge is 0.489 e. The van der Waals surface area contributed by atoms with Crippen LogP contribution in [0.5, 0.6) is 11.5 Å². The van der Waals surface area contributed by atoms with Crippen molar-refractivity contribution in [2.45, 2.75) is 78.4 Å². The number of piperazine rings is 2. The van der Waals surface area contributed by atoms with Gasteiger partial charge in [-0.25, -0.2) is 9.59 Å². The van der Waals surface area contributed by atoms with E-state index in [1.54, 1.807) is 0 Å². The lowest BCUT2D eigenvalue weighted by Gasteiger charge is -2.37. The van der Waals surface area contributed by atoms with Gasteiger partial charge in [-0.1, -0.05) is 76.2 Å². The lowest BCUT2D eigenvalue weighted by atomic mass is 9.99. The van der Waals surface area contributed by atoms with Crippen molar-refractivity contribution in [3.05, 3.63) is 108 Å². The summed E-state index contributed by atoms with van der Waals surface area (Å²) in [7, 11) is 0. The molecule has 0 spiro atoms. The van der Waals surface area contributed by atoms with Crippen LogP contribution in [0.4, 0.5) is 22.7 Å². The van der Waals surface area contributed by atoms with Gasteiger partial charge in [-0.05, 0) is 86.1 Å². The summed E-state index contributed by atoms with van der Waals surface area (Å²) in [5.74, 6) is 0.189. The predicted molar refractivity (Wildman–Crippen MR) is 274 cm³/mol. The minimum atomic E-state index is -1.09. The maximum atomic E-state index is 14.0. The summed E-state index contributed by atoms with van der Waals surface area (Å²) in [4.78, 5) is 67.2. The predicted octanol–water partition coefficient (Wildman–Crippen LogP) is 7.26. The number of hydrogen-bond donors (Lipinski definition) is 0. The Bertz CT molecular complexity index is 2200. The molecular formula is C56H72N6O8. The van der Waals surface area contributed by atoms with Crippen LogP contribution in [0.2, 0.25) is 0 Å². The summed E-state index contributed by atoms with van der Waals surface area (Å²) in [5.41, 5.74) is 5.93. The van der Waals surface area contributed by atoms with Gasteiger partial charge in [-0.2, -0.15) is 0 Å². The third-order valence-corrected chi connectivity index (χ3v) is 13.9. The summed E-state index contributed by atoms with van der Waals surface area (Å²) >= 11 is 0. The van der Waals surface area contributed by atoms with E-state index in [2.05, 4.69) is 71.6 Å². The van der Waals surface area contributed by atoms with Gasteiger partial charge >= 0.3 is 11.9 Å². The Morgan fingerprint density at radius 2 is 0.871 bits per heavy atom. The second-order valence-corrected chi connectivity index (χ2v) is 19.9. The van der Waals surface area contributed by atoms with Crippen molar-refractivity contribution in [3.63, 3.8) is 0 Å². The maximum Gasteiger partial charge on any atom is 0.417 e. The van der Waals surface area contributed by atoms with E-state index >= 15 is 0 Å². The summed E-state index contributed by atoms with van der Waals surface area (Å²) in [6.07, 6.45) is 2.02. The summed E-state index contributed by atoms with van der Waals surface area (Å²) in [5, 5.41) is 0.